The number of methoxy groups -OCH3 is 1. The first-order chi connectivity index (χ1) is 15.4. The number of hydrogen-bond donors (Lipinski definition) is 0. The van der Waals surface area contributed by atoms with Crippen molar-refractivity contribution in [3.05, 3.63) is 89.5 Å². The standard InChI is InChI=1S/C24H21NO6S/c1-16-7-13-19(14-8-16)32(27,28)25-23(26)30-15-24(25)22(17-9-11-18(29-2)12-10-17)20-5-3-4-6-21(20)31-24/h3-14,22H,15H2,1-2H3/t22-,24-/m0/s1. The molecule has 0 N–H and O–H groups in total. The molecule has 0 aromatic heterocycles. The SMILES string of the molecule is COc1ccc([C@H]2c3ccccc3O[C@@]23COC(=O)N3S(=O)(=O)c2ccc(C)cc2)cc1. The summed E-state index contributed by atoms with van der Waals surface area (Å²) in [5, 5.41) is 0. The molecule has 2 atom stereocenters. The van der Waals surface area contributed by atoms with Crippen molar-refractivity contribution in [2.75, 3.05) is 13.7 Å². The Balaban J connectivity index is 1.69. The molecule has 0 radical (unpaired) electrons. The molecule has 2 aliphatic heterocycles. The molecular formula is C24H21NO6S. The zero-order valence-corrected chi connectivity index (χ0v) is 18.3. The predicted octanol–water partition coefficient (Wildman–Crippen LogP) is 4.07. The highest BCUT2D eigenvalue weighted by atomic mass is 32.2. The van der Waals surface area contributed by atoms with Crippen LogP contribution in [0.4, 0.5) is 4.79 Å². The van der Waals surface area contributed by atoms with Crippen molar-refractivity contribution in [1.29, 1.82) is 0 Å². The maximum atomic E-state index is 13.7. The smallest absolute Gasteiger partial charge is 0.427 e. The zero-order chi connectivity index (χ0) is 22.5. The van der Waals surface area contributed by atoms with E-state index in [4.69, 9.17) is 14.2 Å². The second-order valence-corrected chi connectivity index (χ2v) is 9.61. The number of benzene rings is 3. The summed E-state index contributed by atoms with van der Waals surface area (Å²) in [5.41, 5.74) is 0.875. The minimum atomic E-state index is -4.26. The van der Waals surface area contributed by atoms with E-state index in [0.29, 0.717) is 11.5 Å². The fourth-order valence-corrected chi connectivity index (χ4v) is 5.91. The maximum absolute atomic E-state index is 13.7. The Kier molecular flexibility index (Phi) is 4.63. The average molecular weight is 452 g/mol. The Morgan fingerprint density at radius 1 is 1.00 bits per heavy atom. The number of carbonyl (C=O) groups excluding carboxylic acids is 1. The van der Waals surface area contributed by atoms with Crippen LogP contribution >= 0.6 is 0 Å². The Bertz CT molecular complexity index is 1290. The fourth-order valence-electron chi connectivity index (χ4n) is 4.37. The molecule has 3 aromatic rings. The van der Waals surface area contributed by atoms with Crippen LogP contribution in [0.5, 0.6) is 11.5 Å². The van der Waals surface area contributed by atoms with Gasteiger partial charge in [-0.05, 0) is 42.8 Å². The van der Waals surface area contributed by atoms with E-state index in [1.54, 1.807) is 43.5 Å². The lowest BCUT2D eigenvalue weighted by Gasteiger charge is -2.35. The molecule has 32 heavy (non-hydrogen) atoms. The summed E-state index contributed by atoms with van der Waals surface area (Å²) in [6.07, 6.45) is -0.961. The summed E-state index contributed by atoms with van der Waals surface area (Å²) in [4.78, 5) is 12.9. The molecule has 0 aliphatic carbocycles. The molecule has 2 heterocycles. The van der Waals surface area contributed by atoms with Gasteiger partial charge in [-0.1, -0.05) is 48.0 Å². The van der Waals surface area contributed by atoms with Crippen molar-refractivity contribution in [3.8, 4) is 11.5 Å². The molecule has 1 spiro atoms. The summed E-state index contributed by atoms with van der Waals surface area (Å²) in [7, 11) is -2.69. The Hall–Kier alpha value is -3.52. The largest absolute Gasteiger partial charge is 0.497 e. The molecular weight excluding hydrogens is 430 g/mol. The van der Waals surface area contributed by atoms with Crippen LogP contribution in [0.2, 0.25) is 0 Å². The van der Waals surface area contributed by atoms with Gasteiger partial charge in [0.15, 0.2) is 6.61 Å². The van der Waals surface area contributed by atoms with E-state index in [1.807, 2.05) is 31.2 Å². The number of para-hydroxylation sites is 1. The van der Waals surface area contributed by atoms with Crippen LogP contribution in [0.3, 0.4) is 0 Å². The Labute approximate surface area is 186 Å². The lowest BCUT2D eigenvalue weighted by molar-refractivity contribution is 0.00656. The lowest BCUT2D eigenvalue weighted by Crippen LogP contribution is -2.56. The molecule has 0 bridgehead atoms. The highest BCUT2D eigenvalue weighted by Gasteiger charge is 2.64. The number of cyclic esters (lactones) is 1. The van der Waals surface area contributed by atoms with Crippen molar-refractivity contribution in [3.63, 3.8) is 0 Å². The molecule has 8 heteroatoms. The molecule has 164 valence electrons. The van der Waals surface area contributed by atoms with Crippen molar-refractivity contribution in [2.45, 2.75) is 23.5 Å². The average Bonchev–Trinajstić information content (AvgIpc) is 3.30. The molecule has 5 rings (SSSR count). The number of rotatable bonds is 4. The minimum absolute atomic E-state index is 0.00522. The van der Waals surface area contributed by atoms with E-state index in [0.717, 1.165) is 21.0 Å². The molecule has 1 amide bonds. The van der Waals surface area contributed by atoms with Gasteiger partial charge in [0.1, 0.15) is 11.5 Å². The topological polar surface area (TPSA) is 82.1 Å². The van der Waals surface area contributed by atoms with E-state index in [-0.39, 0.29) is 11.5 Å². The Morgan fingerprint density at radius 2 is 1.69 bits per heavy atom. The quantitative estimate of drug-likeness (QED) is 0.595. The normalized spacial score (nSPS) is 21.9. The van der Waals surface area contributed by atoms with Gasteiger partial charge in [-0.2, -0.15) is 4.31 Å². The first-order valence-electron chi connectivity index (χ1n) is 10.1. The molecule has 7 nitrogen and oxygen atoms in total. The van der Waals surface area contributed by atoms with Gasteiger partial charge >= 0.3 is 6.09 Å². The van der Waals surface area contributed by atoms with Gasteiger partial charge in [0.05, 0.1) is 17.9 Å². The molecule has 1 saturated heterocycles. The van der Waals surface area contributed by atoms with E-state index < -0.39 is 27.8 Å². The number of sulfonamides is 1. The third-order valence-corrected chi connectivity index (χ3v) is 7.69. The molecule has 3 aromatic carbocycles. The first-order valence-corrected chi connectivity index (χ1v) is 11.5. The van der Waals surface area contributed by atoms with Crippen LogP contribution in [0.15, 0.2) is 77.7 Å². The maximum Gasteiger partial charge on any atom is 0.427 e. The third kappa shape index (κ3) is 2.94. The van der Waals surface area contributed by atoms with E-state index in [2.05, 4.69) is 0 Å². The highest BCUT2D eigenvalue weighted by molar-refractivity contribution is 7.89. The van der Waals surface area contributed by atoms with Crippen LogP contribution in [0, 0.1) is 6.92 Å². The third-order valence-electron chi connectivity index (χ3n) is 5.89. The van der Waals surface area contributed by atoms with Crippen LogP contribution in [0.1, 0.15) is 22.6 Å². The molecule has 0 unspecified atom stereocenters. The van der Waals surface area contributed by atoms with Crippen molar-refractivity contribution in [2.24, 2.45) is 0 Å². The first kappa shape index (κ1) is 20.4. The van der Waals surface area contributed by atoms with Gasteiger partial charge in [-0.25, -0.2) is 13.2 Å². The van der Waals surface area contributed by atoms with Gasteiger partial charge < -0.3 is 14.2 Å². The molecule has 1 fully saturated rings. The minimum Gasteiger partial charge on any atom is -0.497 e. The summed E-state index contributed by atoms with van der Waals surface area (Å²) in [6.45, 7) is 1.63. The van der Waals surface area contributed by atoms with E-state index in [9.17, 15) is 13.2 Å². The number of carbonyl (C=O) groups is 1. The summed E-state index contributed by atoms with van der Waals surface area (Å²) in [5.74, 6) is 0.588. The monoisotopic (exact) mass is 451 g/mol. The van der Waals surface area contributed by atoms with Crippen LogP contribution < -0.4 is 9.47 Å². The van der Waals surface area contributed by atoms with Gasteiger partial charge in [-0.3, -0.25) is 0 Å². The summed E-state index contributed by atoms with van der Waals surface area (Å²) in [6, 6.07) is 20.9. The van der Waals surface area contributed by atoms with E-state index in [1.165, 1.54) is 12.1 Å². The number of aryl methyl sites for hydroxylation is 1. The molecule has 0 saturated carbocycles. The van der Waals surface area contributed by atoms with Gasteiger partial charge in [0.2, 0.25) is 5.72 Å². The zero-order valence-electron chi connectivity index (χ0n) is 17.5. The predicted molar refractivity (Wildman–Crippen MR) is 116 cm³/mol. The number of ether oxygens (including phenoxy) is 3. The fraction of sp³-hybridized carbons (Fsp3) is 0.208. The lowest BCUT2D eigenvalue weighted by atomic mass is 9.84. The van der Waals surface area contributed by atoms with Crippen LogP contribution in [0.25, 0.3) is 0 Å². The molecule has 2 aliphatic rings. The summed E-state index contributed by atoms with van der Waals surface area (Å²) >= 11 is 0. The summed E-state index contributed by atoms with van der Waals surface area (Å²) < 4.78 is 45.0. The van der Waals surface area contributed by atoms with Crippen molar-refractivity contribution >= 4 is 16.1 Å². The number of fused-ring (bicyclic) bond motifs is 1. The van der Waals surface area contributed by atoms with Crippen molar-refractivity contribution in [1.82, 2.24) is 4.31 Å². The highest BCUT2D eigenvalue weighted by Crippen LogP contribution is 2.53. The van der Waals surface area contributed by atoms with Crippen LogP contribution in [-0.2, 0) is 14.8 Å². The number of hydrogen-bond acceptors (Lipinski definition) is 6. The second kappa shape index (κ2) is 7.27. The van der Waals surface area contributed by atoms with E-state index >= 15 is 0 Å². The van der Waals surface area contributed by atoms with Gasteiger partial charge in [0.25, 0.3) is 10.0 Å². The van der Waals surface area contributed by atoms with Crippen LogP contribution in [-0.4, -0.2) is 38.3 Å². The number of amides is 1. The van der Waals surface area contributed by atoms with Gasteiger partial charge in [-0.15, -0.1) is 0 Å². The number of nitrogens with zero attached hydrogens (tertiary/aromatic N) is 1. The van der Waals surface area contributed by atoms with Gasteiger partial charge in [0, 0.05) is 5.56 Å². The second-order valence-electron chi connectivity index (χ2n) is 7.83. The van der Waals surface area contributed by atoms with Crippen molar-refractivity contribution < 1.29 is 27.4 Å². The Morgan fingerprint density at radius 3 is 2.38 bits per heavy atom.